The van der Waals surface area contributed by atoms with Crippen LogP contribution in [0.1, 0.15) is 5.56 Å². The molecule has 1 N–H and O–H groups in total. The molecule has 0 unspecified atom stereocenters. The summed E-state index contributed by atoms with van der Waals surface area (Å²) >= 11 is 6.11. The van der Waals surface area contributed by atoms with Crippen LogP contribution in [0.3, 0.4) is 0 Å². The Hall–Kier alpha value is -2.86. The Morgan fingerprint density at radius 3 is 2.71 bits per heavy atom. The second-order valence-corrected chi connectivity index (χ2v) is 5.53. The van der Waals surface area contributed by atoms with Crippen molar-refractivity contribution in [3.8, 4) is 23.0 Å². The van der Waals surface area contributed by atoms with Gasteiger partial charge in [0.1, 0.15) is 0 Å². The Kier molecular flexibility index (Phi) is 3.66. The van der Waals surface area contributed by atoms with Gasteiger partial charge in [0.25, 0.3) is 0 Å². The van der Waals surface area contributed by atoms with Gasteiger partial charge < -0.3 is 24.3 Å². The van der Waals surface area contributed by atoms with Gasteiger partial charge >= 0.3 is 0 Å². The fraction of sp³-hybridized carbons (Fsp3) is 0.118. The van der Waals surface area contributed by atoms with Gasteiger partial charge in [0.05, 0.1) is 5.02 Å². The first-order valence-corrected chi connectivity index (χ1v) is 7.55. The second kappa shape index (κ2) is 5.98. The van der Waals surface area contributed by atoms with Crippen molar-refractivity contribution < 1.29 is 23.7 Å². The highest BCUT2D eigenvalue weighted by molar-refractivity contribution is 6.32. The summed E-state index contributed by atoms with van der Waals surface area (Å²) in [5.41, 5.74) is 1.36. The number of hydrogen-bond donors (Lipinski definition) is 1. The highest BCUT2D eigenvalue weighted by Gasteiger charge is 2.17. The van der Waals surface area contributed by atoms with Crippen molar-refractivity contribution in [3.05, 3.63) is 47.0 Å². The Balaban J connectivity index is 1.46. The van der Waals surface area contributed by atoms with E-state index in [-0.39, 0.29) is 19.5 Å². The zero-order valence-corrected chi connectivity index (χ0v) is 13.1. The molecule has 0 atom stereocenters. The lowest BCUT2D eigenvalue weighted by Crippen LogP contribution is -2.07. The van der Waals surface area contributed by atoms with Crippen molar-refractivity contribution in [2.45, 2.75) is 0 Å². The average molecular weight is 346 g/mol. The van der Waals surface area contributed by atoms with E-state index in [1.165, 1.54) is 6.08 Å². The number of fused-ring (bicyclic) bond motifs is 2. The molecule has 1 amide bonds. The van der Waals surface area contributed by atoms with Crippen LogP contribution in [0, 0.1) is 0 Å². The van der Waals surface area contributed by atoms with E-state index in [4.69, 9.17) is 30.5 Å². The van der Waals surface area contributed by atoms with Gasteiger partial charge in [-0.05, 0) is 35.9 Å². The van der Waals surface area contributed by atoms with E-state index in [1.807, 2.05) is 0 Å². The zero-order chi connectivity index (χ0) is 16.5. The smallest absolute Gasteiger partial charge is 0.248 e. The van der Waals surface area contributed by atoms with Gasteiger partial charge in [-0.2, -0.15) is 0 Å². The number of carbonyl (C=O) groups excluding carboxylic acids is 1. The van der Waals surface area contributed by atoms with Crippen LogP contribution in [0.4, 0.5) is 5.69 Å². The maximum Gasteiger partial charge on any atom is 0.248 e. The quantitative estimate of drug-likeness (QED) is 0.863. The van der Waals surface area contributed by atoms with E-state index in [2.05, 4.69) is 5.32 Å². The second-order valence-electron chi connectivity index (χ2n) is 5.13. The lowest BCUT2D eigenvalue weighted by atomic mass is 10.2. The van der Waals surface area contributed by atoms with Crippen LogP contribution in [0.25, 0.3) is 6.08 Å². The third kappa shape index (κ3) is 2.83. The van der Waals surface area contributed by atoms with Crippen LogP contribution in [0.2, 0.25) is 5.02 Å². The molecule has 2 aliphatic rings. The van der Waals surface area contributed by atoms with Gasteiger partial charge in [-0.25, -0.2) is 0 Å². The molecule has 0 aliphatic carbocycles. The first kappa shape index (κ1) is 14.7. The number of amides is 1. The monoisotopic (exact) mass is 345 g/mol. The summed E-state index contributed by atoms with van der Waals surface area (Å²) in [6.07, 6.45) is 3.06. The molecule has 0 radical (unpaired) electrons. The fourth-order valence-corrected chi connectivity index (χ4v) is 2.69. The van der Waals surface area contributed by atoms with E-state index < -0.39 is 0 Å². The van der Waals surface area contributed by atoms with Gasteiger partial charge in [0.2, 0.25) is 19.5 Å². The van der Waals surface area contributed by atoms with Crippen molar-refractivity contribution in [3.63, 3.8) is 0 Å². The average Bonchev–Trinajstić information content (AvgIpc) is 3.21. The van der Waals surface area contributed by atoms with Gasteiger partial charge in [-0.1, -0.05) is 11.6 Å². The molecule has 0 bridgehead atoms. The highest BCUT2D eigenvalue weighted by atomic mass is 35.5. The summed E-state index contributed by atoms with van der Waals surface area (Å²) in [4.78, 5) is 12.0. The largest absolute Gasteiger partial charge is 0.454 e. The van der Waals surface area contributed by atoms with E-state index in [0.29, 0.717) is 33.7 Å². The SMILES string of the molecule is O=C(/C=C/c1cc(Cl)c2c(c1)OCO2)Nc1ccc2c(c1)OCO2. The summed E-state index contributed by atoms with van der Waals surface area (Å²) in [7, 11) is 0. The minimum Gasteiger partial charge on any atom is -0.454 e. The molecule has 2 heterocycles. The number of rotatable bonds is 3. The first-order chi connectivity index (χ1) is 11.7. The number of hydrogen-bond acceptors (Lipinski definition) is 5. The van der Waals surface area contributed by atoms with Crippen LogP contribution >= 0.6 is 11.6 Å². The number of anilines is 1. The molecule has 0 saturated carbocycles. The third-order valence-electron chi connectivity index (χ3n) is 3.52. The summed E-state index contributed by atoms with van der Waals surface area (Å²) in [5, 5.41) is 3.20. The van der Waals surface area contributed by atoms with Crippen molar-refractivity contribution in [1.29, 1.82) is 0 Å². The van der Waals surface area contributed by atoms with Gasteiger partial charge in [-0.15, -0.1) is 0 Å². The standard InChI is InChI=1S/C17H12ClNO5/c18-12-5-10(6-15-17(12)24-9-23-15)1-4-16(20)19-11-2-3-13-14(7-11)22-8-21-13/h1-7H,8-9H2,(H,19,20)/b4-1+. The molecular formula is C17H12ClNO5. The molecule has 2 aromatic rings. The number of ether oxygens (including phenoxy) is 4. The van der Waals surface area contributed by atoms with Crippen LogP contribution < -0.4 is 24.3 Å². The molecule has 6 nitrogen and oxygen atoms in total. The number of carbonyl (C=O) groups is 1. The van der Waals surface area contributed by atoms with Gasteiger partial charge in [0, 0.05) is 17.8 Å². The molecule has 0 fully saturated rings. The molecule has 24 heavy (non-hydrogen) atoms. The third-order valence-corrected chi connectivity index (χ3v) is 3.80. The minimum absolute atomic E-state index is 0.146. The molecule has 0 spiro atoms. The summed E-state index contributed by atoms with van der Waals surface area (Å²) in [5.74, 6) is 2.09. The van der Waals surface area contributed by atoms with Crippen LogP contribution in [-0.2, 0) is 4.79 Å². The van der Waals surface area contributed by atoms with Crippen molar-refractivity contribution in [2.75, 3.05) is 18.9 Å². The number of halogens is 1. The molecule has 0 saturated heterocycles. The van der Waals surface area contributed by atoms with Crippen molar-refractivity contribution in [2.24, 2.45) is 0 Å². The Labute approximate surface area is 142 Å². The zero-order valence-electron chi connectivity index (χ0n) is 12.4. The minimum atomic E-state index is -0.275. The number of nitrogens with one attached hydrogen (secondary N) is 1. The lowest BCUT2D eigenvalue weighted by molar-refractivity contribution is -0.111. The Morgan fingerprint density at radius 2 is 1.79 bits per heavy atom. The van der Waals surface area contributed by atoms with Gasteiger partial charge in [0.15, 0.2) is 23.0 Å². The summed E-state index contributed by atoms with van der Waals surface area (Å²) < 4.78 is 21.0. The van der Waals surface area contributed by atoms with E-state index in [9.17, 15) is 4.79 Å². The molecule has 4 rings (SSSR count). The molecular weight excluding hydrogens is 334 g/mol. The van der Waals surface area contributed by atoms with Crippen LogP contribution in [-0.4, -0.2) is 19.5 Å². The molecule has 0 aromatic heterocycles. The fourth-order valence-electron chi connectivity index (χ4n) is 2.41. The first-order valence-electron chi connectivity index (χ1n) is 7.17. The maximum atomic E-state index is 12.0. The van der Waals surface area contributed by atoms with E-state index >= 15 is 0 Å². The van der Waals surface area contributed by atoms with Crippen molar-refractivity contribution in [1.82, 2.24) is 0 Å². The van der Waals surface area contributed by atoms with E-state index in [0.717, 1.165) is 5.56 Å². The molecule has 122 valence electrons. The van der Waals surface area contributed by atoms with E-state index in [1.54, 1.807) is 36.4 Å². The predicted molar refractivity (Wildman–Crippen MR) is 87.8 cm³/mol. The predicted octanol–water partition coefficient (Wildman–Crippen LogP) is 3.45. The lowest BCUT2D eigenvalue weighted by Gasteiger charge is -2.04. The van der Waals surface area contributed by atoms with Crippen LogP contribution in [0.15, 0.2) is 36.4 Å². The molecule has 2 aliphatic heterocycles. The van der Waals surface area contributed by atoms with Gasteiger partial charge in [-0.3, -0.25) is 4.79 Å². The highest BCUT2D eigenvalue weighted by Crippen LogP contribution is 2.40. The molecule has 7 heteroatoms. The number of benzene rings is 2. The van der Waals surface area contributed by atoms with Crippen molar-refractivity contribution >= 4 is 29.3 Å². The maximum absolute atomic E-state index is 12.0. The van der Waals surface area contributed by atoms with Crippen LogP contribution in [0.5, 0.6) is 23.0 Å². The normalized spacial score (nSPS) is 14.2. The Bertz CT molecular complexity index is 849. The Morgan fingerprint density at radius 1 is 1.00 bits per heavy atom. The topological polar surface area (TPSA) is 66.0 Å². The summed E-state index contributed by atoms with van der Waals surface area (Å²) in [6.45, 7) is 0.338. The summed E-state index contributed by atoms with van der Waals surface area (Å²) in [6, 6.07) is 8.68. The molecule has 2 aromatic carbocycles.